The molecule has 4 rings (SSSR count). The van der Waals surface area contributed by atoms with E-state index in [4.69, 9.17) is 0 Å². The van der Waals surface area contributed by atoms with E-state index >= 15 is 0 Å². The predicted octanol–water partition coefficient (Wildman–Crippen LogP) is 4.45. The van der Waals surface area contributed by atoms with Crippen molar-refractivity contribution in [2.75, 3.05) is 0 Å². The first-order chi connectivity index (χ1) is 12.8. The van der Waals surface area contributed by atoms with Gasteiger partial charge in [-0.3, -0.25) is 9.19 Å². The number of nitrogens with one attached hydrogen (secondary N) is 1. The highest BCUT2D eigenvalue weighted by Crippen LogP contribution is 2.31. The summed E-state index contributed by atoms with van der Waals surface area (Å²) in [5.41, 5.74) is 4.47. The molecule has 0 fully saturated rings. The second-order valence-electron chi connectivity index (χ2n) is 5.81. The zero-order valence-corrected chi connectivity index (χ0v) is 14.8. The van der Waals surface area contributed by atoms with Gasteiger partial charge in [-0.2, -0.15) is 0 Å². The van der Waals surface area contributed by atoms with Crippen molar-refractivity contribution in [1.29, 1.82) is 0 Å². The highest BCUT2D eigenvalue weighted by molar-refractivity contribution is 7.84. The number of hydrogen-bond acceptors (Lipinski definition) is 3. The summed E-state index contributed by atoms with van der Waals surface area (Å²) in [7, 11) is -1.30. The first kappa shape index (κ1) is 16.4. The molecule has 0 aliphatic heterocycles. The maximum absolute atomic E-state index is 12.8. The molecule has 2 heterocycles. The lowest BCUT2D eigenvalue weighted by Crippen LogP contribution is -2.00. The Morgan fingerprint density at radius 3 is 2.12 bits per heavy atom. The molecule has 0 amide bonds. The van der Waals surface area contributed by atoms with E-state index in [2.05, 4.69) is 15.0 Å². The summed E-state index contributed by atoms with van der Waals surface area (Å²) in [5, 5.41) is 0.466. The number of imidazole rings is 1. The van der Waals surface area contributed by atoms with Crippen molar-refractivity contribution in [3.8, 4) is 22.5 Å². The minimum Gasteiger partial charge on any atom is -0.330 e. The van der Waals surface area contributed by atoms with Crippen LogP contribution in [0.15, 0.2) is 90.2 Å². The van der Waals surface area contributed by atoms with Gasteiger partial charge in [-0.25, -0.2) is 4.98 Å². The van der Waals surface area contributed by atoms with Gasteiger partial charge in [0.25, 0.3) is 0 Å². The molecule has 128 valence electrons. The molecule has 0 saturated heterocycles. The third-order valence-corrected chi connectivity index (χ3v) is 5.20. The largest absolute Gasteiger partial charge is 0.330 e. The Hall–Kier alpha value is -3.05. The van der Waals surface area contributed by atoms with Gasteiger partial charge >= 0.3 is 0 Å². The zero-order chi connectivity index (χ0) is 17.8. The third kappa shape index (κ3) is 3.48. The van der Waals surface area contributed by atoms with Crippen LogP contribution in [0.1, 0.15) is 5.69 Å². The van der Waals surface area contributed by atoms with Gasteiger partial charge in [0.05, 0.1) is 33.6 Å². The van der Waals surface area contributed by atoms with Crippen molar-refractivity contribution >= 4 is 10.8 Å². The smallest absolute Gasteiger partial charge is 0.197 e. The maximum atomic E-state index is 12.8. The molecule has 0 aliphatic carbocycles. The van der Waals surface area contributed by atoms with E-state index < -0.39 is 10.8 Å². The number of hydrogen-bond donors (Lipinski definition) is 1. The van der Waals surface area contributed by atoms with Crippen molar-refractivity contribution in [2.24, 2.45) is 0 Å². The van der Waals surface area contributed by atoms with E-state index in [1.54, 1.807) is 6.20 Å². The normalized spacial score (nSPS) is 12.0. The lowest BCUT2D eigenvalue weighted by atomic mass is 10.1. The molecule has 4 aromatic rings. The fourth-order valence-electron chi connectivity index (χ4n) is 2.76. The molecule has 0 bridgehead atoms. The van der Waals surface area contributed by atoms with Gasteiger partial charge in [0, 0.05) is 17.3 Å². The molecule has 5 heteroatoms. The first-order valence-electron chi connectivity index (χ1n) is 8.30. The fourth-order valence-corrected chi connectivity index (χ4v) is 3.75. The van der Waals surface area contributed by atoms with Crippen molar-refractivity contribution in [3.63, 3.8) is 0 Å². The standard InChI is InChI=1S/C21H17N3OS/c25-26(15-18-13-7-8-14-22-18)21-23-19(16-9-3-1-4-10-16)20(24-21)17-11-5-2-6-12-17/h1-14H,15H2,(H,23,24). The predicted molar refractivity (Wildman–Crippen MR) is 104 cm³/mol. The Kier molecular flexibility index (Phi) is 4.71. The summed E-state index contributed by atoms with van der Waals surface area (Å²) in [6.45, 7) is 0. The molecular formula is C21H17N3OS. The van der Waals surface area contributed by atoms with Crippen LogP contribution in [0.5, 0.6) is 0 Å². The van der Waals surface area contributed by atoms with Crippen LogP contribution >= 0.6 is 0 Å². The zero-order valence-electron chi connectivity index (χ0n) is 14.0. The van der Waals surface area contributed by atoms with Crippen LogP contribution in [0.2, 0.25) is 0 Å². The molecule has 0 aliphatic rings. The molecule has 0 spiro atoms. The Bertz CT molecular complexity index is 958. The molecule has 2 aromatic heterocycles. The molecule has 1 atom stereocenters. The second kappa shape index (κ2) is 7.45. The molecule has 1 N–H and O–H groups in total. The number of nitrogens with zero attached hydrogens (tertiary/aromatic N) is 2. The Morgan fingerprint density at radius 2 is 1.46 bits per heavy atom. The van der Waals surface area contributed by atoms with Gasteiger partial charge < -0.3 is 4.98 Å². The van der Waals surface area contributed by atoms with Crippen LogP contribution in [0.4, 0.5) is 0 Å². The molecular weight excluding hydrogens is 342 g/mol. The molecule has 1 unspecified atom stereocenters. The van der Waals surface area contributed by atoms with Crippen LogP contribution in [0.3, 0.4) is 0 Å². The highest BCUT2D eigenvalue weighted by Gasteiger charge is 2.18. The lowest BCUT2D eigenvalue weighted by molar-refractivity contribution is 0.676. The summed E-state index contributed by atoms with van der Waals surface area (Å²) in [5.74, 6) is 0.330. The van der Waals surface area contributed by atoms with Gasteiger partial charge in [0.1, 0.15) is 0 Å². The molecule has 0 radical (unpaired) electrons. The van der Waals surface area contributed by atoms with Gasteiger partial charge in [-0.1, -0.05) is 66.7 Å². The van der Waals surface area contributed by atoms with Crippen molar-refractivity contribution in [3.05, 3.63) is 90.8 Å². The highest BCUT2D eigenvalue weighted by atomic mass is 32.2. The summed E-state index contributed by atoms with van der Waals surface area (Å²) >= 11 is 0. The van der Waals surface area contributed by atoms with Crippen molar-refractivity contribution in [2.45, 2.75) is 10.9 Å². The summed E-state index contributed by atoms with van der Waals surface area (Å²) in [6, 6.07) is 25.5. The minimum absolute atomic E-state index is 0.330. The number of rotatable bonds is 5. The van der Waals surface area contributed by atoms with Crippen LogP contribution in [0.25, 0.3) is 22.5 Å². The van der Waals surface area contributed by atoms with Crippen LogP contribution in [-0.4, -0.2) is 19.2 Å². The maximum Gasteiger partial charge on any atom is 0.197 e. The van der Waals surface area contributed by atoms with E-state index in [0.29, 0.717) is 10.9 Å². The Balaban J connectivity index is 1.75. The number of H-pyrrole nitrogens is 1. The van der Waals surface area contributed by atoms with Crippen LogP contribution in [-0.2, 0) is 16.6 Å². The lowest BCUT2D eigenvalue weighted by Gasteiger charge is -2.02. The number of aromatic nitrogens is 3. The quantitative estimate of drug-likeness (QED) is 0.573. The topological polar surface area (TPSA) is 58.6 Å². The SMILES string of the molecule is O=S(Cc1ccccn1)c1nc(-c2ccccc2)c(-c2ccccc2)[nH]1. The van der Waals surface area contributed by atoms with Gasteiger partial charge in [0.15, 0.2) is 5.16 Å². The minimum atomic E-state index is -1.30. The van der Waals surface area contributed by atoms with Gasteiger partial charge in [0.2, 0.25) is 0 Å². The fraction of sp³-hybridized carbons (Fsp3) is 0.0476. The average Bonchev–Trinajstić information content (AvgIpc) is 3.16. The Labute approximate surface area is 154 Å². The summed E-state index contributed by atoms with van der Waals surface area (Å²) in [4.78, 5) is 12.2. The van der Waals surface area contributed by atoms with E-state index in [1.807, 2.05) is 78.9 Å². The van der Waals surface area contributed by atoms with E-state index in [0.717, 1.165) is 28.2 Å². The molecule has 4 nitrogen and oxygen atoms in total. The van der Waals surface area contributed by atoms with Crippen molar-refractivity contribution < 1.29 is 4.21 Å². The molecule has 26 heavy (non-hydrogen) atoms. The van der Waals surface area contributed by atoms with E-state index in [9.17, 15) is 4.21 Å². The van der Waals surface area contributed by atoms with Crippen LogP contribution < -0.4 is 0 Å². The van der Waals surface area contributed by atoms with Crippen LogP contribution in [0, 0.1) is 0 Å². The third-order valence-electron chi connectivity index (χ3n) is 4.01. The average molecular weight is 359 g/mol. The monoisotopic (exact) mass is 359 g/mol. The molecule has 0 saturated carbocycles. The first-order valence-corrected chi connectivity index (χ1v) is 9.62. The van der Waals surface area contributed by atoms with Crippen molar-refractivity contribution in [1.82, 2.24) is 15.0 Å². The molecule has 2 aromatic carbocycles. The Morgan fingerprint density at radius 1 is 0.808 bits per heavy atom. The summed E-state index contributed by atoms with van der Waals surface area (Å²) < 4.78 is 12.8. The second-order valence-corrected chi connectivity index (χ2v) is 7.17. The number of pyridine rings is 1. The van der Waals surface area contributed by atoms with E-state index in [1.165, 1.54) is 0 Å². The van der Waals surface area contributed by atoms with E-state index in [-0.39, 0.29) is 0 Å². The van der Waals surface area contributed by atoms with Gasteiger partial charge in [-0.05, 0) is 12.1 Å². The summed E-state index contributed by atoms with van der Waals surface area (Å²) in [6.07, 6.45) is 1.71. The number of aromatic amines is 1. The van der Waals surface area contributed by atoms with Gasteiger partial charge in [-0.15, -0.1) is 0 Å². The number of benzene rings is 2.